The standard InChI is InChI=1S/C26H36ClFN4O5.C7H11NO/c1-14(28)24(32(30)16-11-36-12-16)21(29)13-37-22-8-7-20(27)19-9-10-31(15(2)23(19)22)25(33)17-5-3-4-6-18(17)26(34)35;1-8-5-7(2-3-7)4-6(8)9/h7-8,14-18H,3-6,9-13,29-30H2,1-2H3,(H,34,35);2-5H2,1H3/b24-21-;. The first-order valence-corrected chi connectivity index (χ1v) is 16.7. The maximum absolute atomic E-state index is 14.4. The van der Waals surface area contributed by atoms with Gasteiger partial charge in [-0.2, -0.15) is 0 Å². The predicted molar refractivity (Wildman–Crippen MR) is 170 cm³/mol. The lowest BCUT2D eigenvalue weighted by molar-refractivity contribution is -0.153. The highest BCUT2D eigenvalue weighted by atomic mass is 35.5. The third-order valence-electron chi connectivity index (χ3n) is 10.3. The monoisotopic (exact) mass is 663 g/mol. The summed E-state index contributed by atoms with van der Waals surface area (Å²) in [6.45, 7) is 5.41. The summed E-state index contributed by atoms with van der Waals surface area (Å²) in [6, 6.07) is 2.92. The summed E-state index contributed by atoms with van der Waals surface area (Å²) >= 11 is 6.52. The van der Waals surface area contributed by atoms with Crippen molar-refractivity contribution in [2.45, 2.75) is 83.5 Å². The van der Waals surface area contributed by atoms with E-state index >= 15 is 0 Å². The number of likely N-dealkylation sites (tertiary alicyclic amines) is 1. The first-order valence-electron chi connectivity index (χ1n) is 16.3. The summed E-state index contributed by atoms with van der Waals surface area (Å²) in [5, 5.41) is 11.6. The molecule has 2 saturated carbocycles. The molecule has 2 saturated heterocycles. The van der Waals surface area contributed by atoms with Crippen molar-refractivity contribution < 1.29 is 33.4 Å². The van der Waals surface area contributed by atoms with Crippen LogP contribution in [-0.2, 0) is 25.5 Å². The van der Waals surface area contributed by atoms with Crippen LogP contribution in [0.1, 0.15) is 76.0 Å². The van der Waals surface area contributed by atoms with Crippen LogP contribution in [0.25, 0.3) is 0 Å². The zero-order valence-corrected chi connectivity index (χ0v) is 27.7. The predicted octanol–water partition coefficient (Wildman–Crippen LogP) is 3.79. The van der Waals surface area contributed by atoms with Crippen LogP contribution in [0.2, 0.25) is 5.02 Å². The number of aliphatic carboxylic acids is 1. The zero-order chi connectivity index (χ0) is 33.3. The molecule has 3 aliphatic heterocycles. The molecule has 6 rings (SSSR count). The minimum atomic E-state index is -1.40. The minimum absolute atomic E-state index is 0.108. The molecule has 1 aromatic carbocycles. The number of halogens is 2. The number of alkyl halides is 1. The molecule has 13 heteroatoms. The Morgan fingerprint density at radius 1 is 1.24 bits per heavy atom. The van der Waals surface area contributed by atoms with E-state index in [-0.39, 0.29) is 36.0 Å². The summed E-state index contributed by atoms with van der Waals surface area (Å²) < 4.78 is 25.7. The second kappa shape index (κ2) is 13.9. The van der Waals surface area contributed by atoms with Gasteiger partial charge in [0.1, 0.15) is 18.5 Å². The van der Waals surface area contributed by atoms with E-state index in [9.17, 15) is 23.9 Å². The van der Waals surface area contributed by atoms with Gasteiger partial charge in [-0.1, -0.05) is 24.4 Å². The number of carboxylic acids is 1. The maximum Gasteiger partial charge on any atom is 0.307 e. The number of ether oxygens (including phenoxy) is 2. The van der Waals surface area contributed by atoms with E-state index in [0.717, 1.165) is 36.9 Å². The van der Waals surface area contributed by atoms with Crippen molar-refractivity contribution in [3.63, 3.8) is 0 Å². The highest BCUT2D eigenvalue weighted by Gasteiger charge is 2.50. The normalized spacial score (nSPS) is 26.3. The number of hydrogen-bond acceptors (Lipinski definition) is 8. The van der Waals surface area contributed by atoms with E-state index in [0.29, 0.717) is 61.1 Å². The highest BCUT2D eigenvalue weighted by Crippen LogP contribution is 2.52. The molecular weight excluding hydrogens is 617 g/mol. The fourth-order valence-corrected chi connectivity index (χ4v) is 7.58. The second-order valence-electron chi connectivity index (χ2n) is 13.6. The number of carbonyl (C=O) groups is 3. The Kier molecular flexibility index (Phi) is 10.4. The number of hydrogen-bond donors (Lipinski definition) is 3. The van der Waals surface area contributed by atoms with Crippen LogP contribution in [0.3, 0.4) is 0 Å². The molecule has 5 N–H and O–H groups in total. The molecule has 254 valence electrons. The van der Waals surface area contributed by atoms with Gasteiger partial charge in [0.15, 0.2) is 0 Å². The fraction of sp³-hybridized carbons (Fsp3) is 0.667. The van der Waals surface area contributed by atoms with Gasteiger partial charge in [0.2, 0.25) is 11.8 Å². The summed E-state index contributed by atoms with van der Waals surface area (Å²) in [4.78, 5) is 40.0. The van der Waals surface area contributed by atoms with Gasteiger partial charge in [-0.05, 0) is 69.1 Å². The van der Waals surface area contributed by atoms with Crippen molar-refractivity contribution >= 4 is 29.4 Å². The van der Waals surface area contributed by atoms with E-state index < -0.39 is 24.0 Å². The lowest BCUT2D eigenvalue weighted by atomic mass is 9.77. The molecule has 0 aromatic heterocycles. The molecule has 5 aliphatic rings. The first-order chi connectivity index (χ1) is 21.8. The summed E-state index contributed by atoms with van der Waals surface area (Å²) in [6.07, 6.45) is 5.23. The number of carboxylic acid groups (broad SMARTS) is 1. The largest absolute Gasteiger partial charge is 0.487 e. The molecule has 0 radical (unpaired) electrons. The zero-order valence-electron chi connectivity index (χ0n) is 27.0. The minimum Gasteiger partial charge on any atom is -0.487 e. The van der Waals surface area contributed by atoms with Crippen LogP contribution < -0.4 is 16.3 Å². The molecular formula is C33H47ClFN5O6. The third-order valence-corrected chi connectivity index (χ3v) is 10.6. The molecule has 1 spiro atoms. The maximum atomic E-state index is 14.4. The Balaban J connectivity index is 0.000000393. The number of benzene rings is 1. The Morgan fingerprint density at radius 2 is 1.91 bits per heavy atom. The summed E-state index contributed by atoms with van der Waals surface area (Å²) in [5.41, 5.74) is 8.66. The average molecular weight is 664 g/mol. The van der Waals surface area contributed by atoms with Crippen LogP contribution in [0.15, 0.2) is 23.5 Å². The number of hydrazine groups is 1. The van der Waals surface area contributed by atoms with Crippen LogP contribution in [-0.4, -0.2) is 89.9 Å². The molecule has 2 aliphatic carbocycles. The molecule has 0 bridgehead atoms. The Hall–Kier alpha value is -3.09. The molecule has 2 amide bonds. The quantitative estimate of drug-likeness (QED) is 0.279. The van der Waals surface area contributed by atoms with Crippen LogP contribution in [0.5, 0.6) is 5.75 Å². The number of rotatable bonds is 8. The lowest BCUT2D eigenvalue weighted by Gasteiger charge is -2.40. The number of nitrogens with two attached hydrogens (primary N) is 2. The third kappa shape index (κ3) is 7.08. The first kappa shape index (κ1) is 34.3. The van der Waals surface area contributed by atoms with Gasteiger partial charge in [-0.15, -0.1) is 0 Å². The van der Waals surface area contributed by atoms with Gasteiger partial charge in [0.25, 0.3) is 0 Å². The second-order valence-corrected chi connectivity index (χ2v) is 14.0. The lowest BCUT2D eigenvalue weighted by Crippen LogP contribution is -2.54. The van der Waals surface area contributed by atoms with E-state index in [1.807, 2.05) is 18.9 Å². The SMILES string of the molecule is CC(F)/C(=C(/N)COc1ccc(Cl)c2c1C(C)N(C(=O)C1CCCCC1C(=O)O)CC2)N(N)C1COC1.CN1CC2(CC2)CC1=O. The van der Waals surface area contributed by atoms with Crippen molar-refractivity contribution in [3.05, 3.63) is 39.7 Å². The Morgan fingerprint density at radius 3 is 2.43 bits per heavy atom. The molecule has 1 aromatic rings. The van der Waals surface area contributed by atoms with Crippen LogP contribution in [0, 0.1) is 17.3 Å². The van der Waals surface area contributed by atoms with Gasteiger partial charge in [-0.25, -0.2) is 10.2 Å². The molecule has 46 heavy (non-hydrogen) atoms. The Labute approximate surface area is 274 Å². The van der Waals surface area contributed by atoms with E-state index in [1.165, 1.54) is 24.8 Å². The van der Waals surface area contributed by atoms with Gasteiger partial charge in [0, 0.05) is 37.1 Å². The molecule has 4 fully saturated rings. The summed E-state index contributed by atoms with van der Waals surface area (Å²) in [7, 11) is 1.90. The van der Waals surface area contributed by atoms with E-state index in [1.54, 1.807) is 17.0 Å². The van der Waals surface area contributed by atoms with Crippen LogP contribution >= 0.6 is 11.6 Å². The van der Waals surface area contributed by atoms with Crippen molar-refractivity contribution in [2.24, 2.45) is 28.8 Å². The highest BCUT2D eigenvalue weighted by molar-refractivity contribution is 6.31. The van der Waals surface area contributed by atoms with Crippen molar-refractivity contribution in [1.29, 1.82) is 0 Å². The number of amides is 2. The topological polar surface area (TPSA) is 152 Å². The number of carbonyl (C=O) groups excluding carboxylic acids is 2. The smallest absolute Gasteiger partial charge is 0.307 e. The van der Waals surface area contributed by atoms with Crippen molar-refractivity contribution in [2.75, 3.05) is 40.0 Å². The van der Waals surface area contributed by atoms with Gasteiger partial charge < -0.3 is 35.1 Å². The molecule has 4 unspecified atom stereocenters. The van der Waals surface area contributed by atoms with E-state index in [2.05, 4.69) is 0 Å². The Bertz CT molecular complexity index is 1370. The average Bonchev–Trinajstić information content (AvgIpc) is 3.67. The van der Waals surface area contributed by atoms with Crippen LogP contribution in [0.4, 0.5) is 4.39 Å². The van der Waals surface area contributed by atoms with Crippen molar-refractivity contribution in [1.82, 2.24) is 14.8 Å². The fourth-order valence-electron chi connectivity index (χ4n) is 7.32. The van der Waals surface area contributed by atoms with Gasteiger partial charge >= 0.3 is 5.97 Å². The van der Waals surface area contributed by atoms with Gasteiger partial charge in [-0.3, -0.25) is 14.4 Å². The van der Waals surface area contributed by atoms with Gasteiger partial charge in [0.05, 0.1) is 48.5 Å². The van der Waals surface area contributed by atoms with Crippen molar-refractivity contribution in [3.8, 4) is 5.75 Å². The number of fused-ring (bicyclic) bond motifs is 1. The summed E-state index contributed by atoms with van der Waals surface area (Å²) in [5.74, 6) is 4.67. The number of allylic oxidation sites excluding steroid dienone is 1. The molecule has 3 heterocycles. The molecule has 4 atom stereocenters. The molecule has 11 nitrogen and oxygen atoms in total. The van der Waals surface area contributed by atoms with E-state index in [4.69, 9.17) is 32.7 Å². The number of nitrogens with zero attached hydrogens (tertiary/aromatic N) is 3.